The summed E-state index contributed by atoms with van der Waals surface area (Å²) in [5.74, 6) is -5.38. The van der Waals surface area contributed by atoms with E-state index in [9.17, 15) is 17.6 Å². The van der Waals surface area contributed by atoms with Crippen molar-refractivity contribution in [1.82, 2.24) is 5.32 Å². The summed E-state index contributed by atoms with van der Waals surface area (Å²) < 4.78 is 54.4. The van der Waals surface area contributed by atoms with Gasteiger partial charge in [-0.3, -0.25) is 0 Å². The number of rotatable bonds is 3. The van der Waals surface area contributed by atoms with Crippen molar-refractivity contribution in [2.24, 2.45) is 0 Å². The van der Waals surface area contributed by atoms with Crippen molar-refractivity contribution in [1.29, 1.82) is 0 Å². The van der Waals surface area contributed by atoms with Crippen molar-refractivity contribution in [3.63, 3.8) is 0 Å². The van der Waals surface area contributed by atoms with Gasteiger partial charge in [-0.1, -0.05) is 13.3 Å². The largest absolute Gasteiger partial charge is 0.361 e. The number of nitrogens with one attached hydrogen (secondary N) is 1. The van der Waals surface area contributed by atoms with Gasteiger partial charge in [0.2, 0.25) is 0 Å². The minimum atomic E-state index is -1.36. The van der Waals surface area contributed by atoms with Gasteiger partial charge in [0.25, 0.3) is 0 Å². The van der Waals surface area contributed by atoms with Gasteiger partial charge >= 0.3 is 0 Å². The van der Waals surface area contributed by atoms with Gasteiger partial charge in [0.1, 0.15) is 5.69 Å². The summed E-state index contributed by atoms with van der Waals surface area (Å²) in [5, 5.41) is 3.26. The Morgan fingerprint density at radius 2 is 1.80 bits per heavy atom. The topological polar surface area (TPSA) is 15.3 Å². The molecule has 6 heteroatoms. The lowest BCUT2D eigenvalue weighted by atomic mass is 10.0. The molecule has 0 aliphatic carbocycles. The molecule has 1 fully saturated rings. The van der Waals surface area contributed by atoms with Gasteiger partial charge in [0, 0.05) is 31.2 Å². The molecule has 0 spiro atoms. The number of halogens is 4. The quantitative estimate of drug-likeness (QED) is 0.679. The molecule has 0 saturated carbocycles. The smallest absolute Gasteiger partial charge is 0.185 e. The molecule has 1 N–H and O–H groups in total. The molecule has 2 nitrogen and oxygen atoms in total. The molecule has 20 heavy (non-hydrogen) atoms. The molecule has 0 amide bonds. The summed E-state index contributed by atoms with van der Waals surface area (Å²) in [5.41, 5.74) is -0.599. The van der Waals surface area contributed by atoms with Crippen LogP contribution in [0.25, 0.3) is 0 Å². The molecule has 0 aromatic heterocycles. The minimum Gasteiger partial charge on any atom is -0.361 e. The summed E-state index contributed by atoms with van der Waals surface area (Å²) in [7, 11) is 0. The van der Waals surface area contributed by atoms with E-state index in [4.69, 9.17) is 0 Å². The van der Waals surface area contributed by atoms with Crippen LogP contribution in [0.5, 0.6) is 0 Å². The number of nitrogens with zero attached hydrogens (tertiary/aromatic N) is 1. The second-order valence-corrected chi connectivity index (χ2v) is 5.21. The number of hydrogen-bond acceptors (Lipinski definition) is 2. The third kappa shape index (κ3) is 2.75. The van der Waals surface area contributed by atoms with Crippen molar-refractivity contribution in [2.45, 2.75) is 38.8 Å². The minimum absolute atomic E-state index is 0.0568. The first-order valence-electron chi connectivity index (χ1n) is 6.78. The summed E-state index contributed by atoms with van der Waals surface area (Å²) in [6, 6.07) is 0.0551. The van der Waals surface area contributed by atoms with E-state index in [1.165, 1.54) is 4.90 Å². The standard InChI is InChI=1S/C14H18F4N2/c1-3-4-9-7-20(8(2)6-19-9)14-12(17)10(15)5-11(16)13(14)18/h5,8-9,19H,3-4,6-7H2,1-2H3. The van der Waals surface area contributed by atoms with Gasteiger partial charge in [-0.25, -0.2) is 17.6 Å². The van der Waals surface area contributed by atoms with Crippen LogP contribution >= 0.6 is 0 Å². The number of hydrogen-bond donors (Lipinski definition) is 1. The molecule has 2 unspecified atom stereocenters. The third-order valence-electron chi connectivity index (χ3n) is 3.66. The molecule has 2 atom stereocenters. The molecular weight excluding hydrogens is 272 g/mol. The van der Waals surface area contributed by atoms with Gasteiger partial charge in [-0.15, -0.1) is 0 Å². The molecule has 0 radical (unpaired) electrons. The molecular formula is C14H18F4N2. The van der Waals surface area contributed by atoms with Crippen LogP contribution in [0.1, 0.15) is 26.7 Å². The number of benzene rings is 1. The van der Waals surface area contributed by atoms with E-state index in [0.717, 1.165) is 12.8 Å². The molecule has 1 heterocycles. The fraction of sp³-hybridized carbons (Fsp3) is 0.571. The van der Waals surface area contributed by atoms with E-state index in [0.29, 0.717) is 13.1 Å². The summed E-state index contributed by atoms with van der Waals surface area (Å²) in [6.07, 6.45) is 1.76. The van der Waals surface area contributed by atoms with Crippen molar-refractivity contribution in [3.8, 4) is 0 Å². The zero-order chi connectivity index (χ0) is 14.9. The normalized spacial score (nSPS) is 23.2. The van der Waals surface area contributed by atoms with Crippen LogP contribution in [0.15, 0.2) is 6.07 Å². The highest BCUT2D eigenvalue weighted by molar-refractivity contribution is 5.51. The Balaban J connectivity index is 2.38. The van der Waals surface area contributed by atoms with E-state index in [-0.39, 0.29) is 18.2 Å². The van der Waals surface area contributed by atoms with Crippen molar-refractivity contribution < 1.29 is 17.6 Å². The Kier molecular flexibility index (Phi) is 4.52. The zero-order valence-corrected chi connectivity index (χ0v) is 11.5. The van der Waals surface area contributed by atoms with E-state index in [1.54, 1.807) is 6.92 Å². The SMILES string of the molecule is CCCC1CN(c2c(F)c(F)cc(F)c2F)C(C)CN1. The number of piperazine rings is 1. The van der Waals surface area contributed by atoms with Crippen molar-refractivity contribution in [2.75, 3.05) is 18.0 Å². The predicted molar refractivity (Wildman–Crippen MR) is 69.8 cm³/mol. The predicted octanol–water partition coefficient (Wildman–Crippen LogP) is 3.21. The summed E-state index contributed by atoms with van der Waals surface area (Å²) in [4.78, 5) is 1.41. The first-order chi connectivity index (χ1) is 9.45. The lowest BCUT2D eigenvalue weighted by Crippen LogP contribution is -2.56. The van der Waals surface area contributed by atoms with Crippen LogP contribution in [0.4, 0.5) is 23.2 Å². The Hall–Kier alpha value is -1.30. The zero-order valence-electron chi connectivity index (χ0n) is 11.5. The summed E-state index contributed by atoms with van der Waals surface area (Å²) in [6.45, 7) is 4.61. The third-order valence-corrected chi connectivity index (χ3v) is 3.66. The molecule has 1 aliphatic heterocycles. The van der Waals surface area contributed by atoms with Gasteiger partial charge in [-0.05, 0) is 13.3 Å². The Morgan fingerprint density at radius 1 is 1.20 bits per heavy atom. The van der Waals surface area contributed by atoms with E-state index >= 15 is 0 Å². The van der Waals surface area contributed by atoms with E-state index < -0.39 is 29.0 Å². The summed E-state index contributed by atoms with van der Waals surface area (Å²) >= 11 is 0. The Bertz CT molecular complexity index is 466. The van der Waals surface area contributed by atoms with Gasteiger partial charge in [0.05, 0.1) is 0 Å². The highest BCUT2D eigenvalue weighted by Crippen LogP contribution is 2.30. The molecule has 1 aromatic carbocycles. The molecule has 0 bridgehead atoms. The molecule has 1 aliphatic rings. The number of anilines is 1. The average molecular weight is 290 g/mol. The van der Waals surface area contributed by atoms with E-state index in [2.05, 4.69) is 5.32 Å². The first kappa shape index (κ1) is 15.1. The lowest BCUT2D eigenvalue weighted by Gasteiger charge is -2.40. The van der Waals surface area contributed by atoms with Crippen LogP contribution in [-0.4, -0.2) is 25.2 Å². The van der Waals surface area contributed by atoms with Crippen molar-refractivity contribution in [3.05, 3.63) is 29.3 Å². The maximum Gasteiger partial charge on any atom is 0.185 e. The van der Waals surface area contributed by atoms with Crippen LogP contribution in [0.3, 0.4) is 0 Å². The van der Waals surface area contributed by atoms with Crippen LogP contribution in [0, 0.1) is 23.3 Å². The lowest BCUT2D eigenvalue weighted by molar-refractivity contribution is 0.372. The molecule has 112 valence electrons. The first-order valence-corrected chi connectivity index (χ1v) is 6.78. The van der Waals surface area contributed by atoms with Gasteiger partial charge < -0.3 is 10.2 Å². The second kappa shape index (κ2) is 5.99. The fourth-order valence-electron chi connectivity index (χ4n) is 2.60. The molecule has 1 saturated heterocycles. The average Bonchev–Trinajstić information content (AvgIpc) is 2.40. The fourth-order valence-corrected chi connectivity index (χ4v) is 2.60. The van der Waals surface area contributed by atoms with Crippen LogP contribution in [-0.2, 0) is 0 Å². The maximum absolute atomic E-state index is 13.9. The molecule has 1 aromatic rings. The Labute approximate surface area is 115 Å². The van der Waals surface area contributed by atoms with Gasteiger partial charge in [0.15, 0.2) is 23.3 Å². The highest BCUT2D eigenvalue weighted by Gasteiger charge is 2.31. The van der Waals surface area contributed by atoms with Crippen molar-refractivity contribution >= 4 is 5.69 Å². The Morgan fingerprint density at radius 3 is 2.35 bits per heavy atom. The maximum atomic E-state index is 13.9. The molecule has 2 rings (SSSR count). The van der Waals surface area contributed by atoms with Crippen LogP contribution in [0.2, 0.25) is 0 Å². The van der Waals surface area contributed by atoms with Gasteiger partial charge in [-0.2, -0.15) is 0 Å². The second-order valence-electron chi connectivity index (χ2n) is 5.21. The highest BCUT2D eigenvalue weighted by atomic mass is 19.2. The van der Waals surface area contributed by atoms with Crippen LogP contribution < -0.4 is 10.2 Å². The monoisotopic (exact) mass is 290 g/mol. The van der Waals surface area contributed by atoms with E-state index in [1.807, 2.05) is 6.92 Å².